The van der Waals surface area contributed by atoms with Crippen LogP contribution in [0.4, 0.5) is 0 Å². The minimum absolute atomic E-state index is 0.0259. The molecule has 8 fully saturated rings. The maximum Gasteiger partial charge on any atom is 0.303 e. The fourth-order valence-corrected chi connectivity index (χ4v) is 15.6. The van der Waals surface area contributed by atoms with Gasteiger partial charge in [-0.15, -0.1) is 0 Å². The number of hydrogen-bond donors (Lipinski definition) is 6. The molecule has 15 heteroatoms. The molecule has 0 radical (unpaired) electrons. The average Bonchev–Trinajstić information content (AvgIpc) is 3.52. The molecule has 0 aromatic rings. The average molecular weight is 867 g/mol. The van der Waals surface area contributed by atoms with Crippen LogP contribution in [0.25, 0.3) is 0 Å². The highest BCUT2D eigenvalue weighted by molar-refractivity contribution is 5.67. The van der Waals surface area contributed by atoms with Gasteiger partial charge in [-0.1, -0.05) is 48.5 Å². The zero-order valence-corrected chi connectivity index (χ0v) is 37.9. The topological polar surface area (TPSA) is 220 Å². The molecular formula is C46H74O15. The Hall–Kier alpha value is -1.50. The number of fused-ring (bicyclic) bond motifs is 2. The smallest absolute Gasteiger partial charge is 0.303 e. The maximum absolute atomic E-state index is 12.3. The molecule has 6 N–H and O–H groups in total. The summed E-state index contributed by atoms with van der Waals surface area (Å²) in [6.07, 6.45) is -6.38. The molecule has 15 nitrogen and oxygen atoms in total. The number of esters is 2. The Morgan fingerprint density at radius 3 is 2.05 bits per heavy atom. The summed E-state index contributed by atoms with van der Waals surface area (Å²) in [7, 11) is 0. The molecule has 0 aromatic carbocycles. The minimum atomic E-state index is -1.61. The van der Waals surface area contributed by atoms with E-state index in [9.17, 15) is 40.2 Å². The summed E-state index contributed by atoms with van der Waals surface area (Å²) in [5, 5.41) is 66.7. The number of aliphatic hydroxyl groups excluding tert-OH is 6. The number of ether oxygens (including phenoxy) is 7. The second-order valence-corrected chi connectivity index (χ2v) is 22.9. The Kier molecular flexibility index (Phi) is 11.5. The number of carbonyl (C=O) groups excluding carboxylic acids is 2. The molecule has 3 saturated heterocycles. The van der Waals surface area contributed by atoms with Gasteiger partial charge in [0.25, 0.3) is 0 Å². The molecule has 0 amide bonds. The fourth-order valence-electron chi connectivity index (χ4n) is 15.6. The summed E-state index contributed by atoms with van der Waals surface area (Å²) in [5.41, 5.74) is -2.04. The van der Waals surface area contributed by atoms with Crippen molar-refractivity contribution in [2.45, 2.75) is 212 Å². The van der Waals surface area contributed by atoms with E-state index in [1.165, 1.54) is 13.8 Å². The monoisotopic (exact) mass is 867 g/mol. The molecule has 348 valence electrons. The molecule has 0 aromatic heterocycles. The Labute approximate surface area is 360 Å². The summed E-state index contributed by atoms with van der Waals surface area (Å²) in [4.78, 5) is 24.1. The van der Waals surface area contributed by atoms with Gasteiger partial charge in [-0.25, -0.2) is 0 Å². The van der Waals surface area contributed by atoms with Crippen molar-refractivity contribution < 1.29 is 73.4 Å². The van der Waals surface area contributed by atoms with E-state index in [0.717, 1.165) is 38.5 Å². The summed E-state index contributed by atoms with van der Waals surface area (Å²) < 4.78 is 43.8. The highest BCUT2D eigenvalue weighted by Gasteiger charge is 2.85. The normalized spacial score (nSPS) is 53.8. The van der Waals surface area contributed by atoms with Gasteiger partial charge in [0.1, 0.15) is 30.5 Å². The van der Waals surface area contributed by atoms with E-state index in [2.05, 4.69) is 55.4 Å². The molecule has 3 aliphatic heterocycles. The van der Waals surface area contributed by atoms with Crippen molar-refractivity contribution in [3.63, 3.8) is 0 Å². The van der Waals surface area contributed by atoms with Crippen LogP contribution in [-0.2, 0) is 42.7 Å². The van der Waals surface area contributed by atoms with Crippen LogP contribution in [0.2, 0.25) is 0 Å². The molecule has 8 rings (SSSR count). The maximum atomic E-state index is 12.3. The molecule has 3 heterocycles. The quantitative estimate of drug-likeness (QED) is 0.153. The summed E-state index contributed by atoms with van der Waals surface area (Å²) in [5.74, 6) is -1.41. The first-order valence-corrected chi connectivity index (χ1v) is 22.9. The van der Waals surface area contributed by atoms with Crippen LogP contribution in [0, 0.1) is 50.2 Å². The number of aliphatic hydroxyl groups is 6. The lowest BCUT2D eigenvalue weighted by molar-refractivity contribution is -0.339. The zero-order chi connectivity index (χ0) is 44.6. The highest BCUT2D eigenvalue weighted by atomic mass is 16.7. The van der Waals surface area contributed by atoms with E-state index in [0.29, 0.717) is 19.3 Å². The molecular weight excluding hydrogens is 792 g/mol. The number of hydrogen-bond acceptors (Lipinski definition) is 15. The second-order valence-electron chi connectivity index (χ2n) is 22.9. The van der Waals surface area contributed by atoms with E-state index in [4.69, 9.17) is 33.2 Å². The standard InChI is InChI=1S/C46H74O15/c1-22(48)56-27-20-55-39(35(32(27)52)57-23(2)49)60-30-12-14-46-21-45(46)16-15-42(8)36(44(10)13-11-29(61-44)40(3,4)5)24(50)18-43(42,9)28(45)17-25(37(46)41(30,6)7)58-38-34(54)33(53)31(51)26(19-47)59-38/h24-39,47,50-54H,11-21H2,1-10H3/t24-,25-,26?,27?,28?,29?,30-,31?,32?,33?,34?,35?,36?,37?,38?,39?,42+,43-,44+,45?,46?/m0/s1. The molecule has 2 spiro atoms. The van der Waals surface area contributed by atoms with Gasteiger partial charge >= 0.3 is 11.9 Å². The van der Waals surface area contributed by atoms with Crippen molar-refractivity contribution in [2.24, 2.45) is 50.2 Å². The first kappa shape index (κ1) is 46.0. The van der Waals surface area contributed by atoms with E-state index >= 15 is 0 Å². The van der Waals surface area contributed by atoms with Crippen LogP contribution in [-0.4, -0.2) is 141 Å². The molecule has 5 aliphatic carbocycles. The minimum Gasteiger partial charge on any atom is -0.457 e. The van der Waals surface area contributed by atoms with E-state index in [1.807, 2.05) is 0 Å². The van der Waals surface area contributed by atoms with Gasteiger partial charge in [0.15, 0.2) is 24.8 Å². The number of carbonyl (C=O) groups is 2. The van der Waals surface area contributed by atoms with Gasteiger partial charge < -0.3 is 63.8 Å². The van der Waals surface area contributed by atoms with E-state index < -0.39 is 103 Å². The number of rotatable bonds is 8. The van der Waals surface area contributed by atoms with Crippen molar-refractivity contribution in [3.8, 4) is 0 Å². The first-order valence-electron chi connectivity index (χ1n) is 22.9. The Bertz CT molecular complexity index is 1680. The third-order valence-electron chi connectivity index (χ3n) is 18.4. The summed E-state index contributed by atoms with van der Waals surface area (Å²) in [6.45, 7) is 19.6. The molecule has 0 bridgehead atoms. The van der Waals surface area contributed by atoms with Crippen LogP contribution in [0.15, 0.2) is 0 Å². The van der Waals surface area contributed by atoms with Crippen molar-refractivity contribution >= 4 is 11.9 Å². The molecule has 21 atom stereocenters. The van der Waals surface area contributed by atoms with Gasteiger partial charge in [0.05, 0.1) is 43.2 Å². The van der Waals surface area contributed by atoms with E-state index in [-0.39, 0.29) is 57.5 Å². The zero-order valence-electron chi connectivity index (χ0n) is 37.9. The lowest BCUT2D eigenvalue weighted by atomic mass is 9.41. The Morgan fingerprint density at radius 1 is 0.738 bits per heavy atom. The predicted molar refractivity (Wildman–Crippen MR) is 216 cm³/mol. The van der Waals surface area contributed by atoms with Crippen LogP contribution >= 0.6 is 0 Å². The Balaban J connectivity index is 1.14. The van der Waals surface area contributed by atoms with Crippen LogP contribution in [0.5, 0.6) is 0 Å². The van der Waals surface area contributed by atoms with Gasteiger partial charge in [0.2, 0.25) is 0 Å². The molecule has 8 aliphatic rings. The third-order valence-corrected chi connectivity index (χ3v) is 18.4. The lowest BCUT2D eigenvalue weighted by Crippen LogP contribution is -2.65. The predicted octanol–water partition coefficient (Wildman–Crippen LogP) is 3.14. The van der Waals surface area contributed by atoms with Crippen LogP contribution in [0.1, 0.15) is 127 Å². The largest absolute Gasteiger partial charge is 0.457 e. The molecule has 5 saturated carbocycles. The SMILES string of the molecule is CC(=O)OC1COC(O[C@H]2CCC34CC35CC[C@]3(C)C([C@@]6(C)CCC(C(C)(C)C)O6)[C@@H](O)C[C@@]3(C)C5C[C@H](OC3OC(CO)C(O)C(O)C3O)C4C2(C)C)C(OC(C)=O)C1O. The van der Waals surface area contributed by atoms with Gasteiger partial charge in [0, 0.05) is 19.8 Å². The van der Waals surface area contributed by atoms with Gasteiger partial charge in [-0.3, -0.25) is 9.59 Å². The Morgan fingerprint density at radius 2 is 1.43 bits per heavy atom. The van der Waals surface area contributed by atoms with Gasteiger partial charge in [-0.2, -0.15) is 0 Å². The first-order chi connectivity index (χ1) is 28.3. The van der Waals surface area contributed by atoms with Crippen molar-refractivity contribution in [3.05, 3.63) is 0 Å². The van der Waals surface area contributed by atoms with Gasteiger partial charge in [-0.05, 0) is 109 Å². The van der Waals surface area contributed by atoms with Crippen LogP contribution < -0.4 is 0 Å². The van der Waals surface area contributed by atoms with Crippen molar-refractivity contribution in [1.29, 1.82) is 0 Å². The van der Waals surface area contributed by atoms with Crippen molar-refractivity contribution in [2.75, 3.05) is 13.2 Å². The molecule has 15 unspecified atom stereocenters. The summed E-state index contributed by atoms with van der Waals surface area (Å²) in [6, 6.07) is 0. The van der Waals surface area contributed by atoms with Crippen LogP contribution in [0.3, 0.4) is 0 Å². The van der Waals surface area contributed by atoms with Crippen molar-refractivity contribution in [1.82, 2.24) is 0 Å². The molecule has 61 heavy (non-hydrogen) atoms. The van der Waals surface area contributed by atoms with E-state index in [1.54, 1.807) is 0 Å². The summed E-state index contributed by atoms with van der Waals surface area (Å²) >= 11 is 0. The third kappa shape index (κ3) is 6.90. The fraction of sp³-hybridized carbons (Fsp3) is 0.957. The lowest BCUT2D eigenvalue weighted by Gasteiger charge is -2.65. The highest BCUT2D eigenvalue weighted by Crippen LogP contribution is 2.89. The second kappa shape index (κ2) is 15.3.